The van der Waals surface area contributed by atoms with Crippen LogP contribution in [0.2, 0.25) is 0 Å². The molecule has 3 fully saturated rings. The van der Waals surface area contributed by atoms with Gasteiger partial charge in [0.05, 0.1) is 0 Å². The molecule has 9 atom stereocenters. The molecule has 3 saturated carbocycles. The van der Waals surface area contributed by atoms with Crippen LogP contribution in [-0.2, 0) is 17.6 Å². The molecule has 0 bridgehead atoms. The van der Waals surface area contributed by atoms with Gasteiger partial charge in [0, 0.05) is 6.42 Å². The topological polar surface area (TPSA) is 46.5 Å². The average molecular weight is 633 g/mol. The molecule has 0 saturated heterocycles. The lowest BCUT2D eigenvalue weighted by Crippen LogP contribution is -2.51. The second-order valence-corrected chi connectivity index (χ2v) is 17.1. The molecule has 258 valence electrons. The van der Waals surface area contributed by atoms with Crippen LogP contribution in [0.1, 0.15) is 161 Å². The zero-order valence-corrected chi connectivity index (χ0v) is 30.3. The van der Waals surface area contributed by atoms with Crippen molar-refractivity contribution < 1.29 is 14.6 Å². The molecular weight excluding hydrogens is 564 g/mol. The van der Waals surface area contributed by atoms with Gasteiger partial charge in [-0.05, 0) is 122 Å². The highest BCUT2D eigenvalue weighted by Crippen LogP contribution is 2.67. The number of aryl methyl sites for hydroxylation is 1. The molecule has 1 aromatic rings. The van der Waals surface area contributed by atoms with Crippen LogP contribution in [0.25, 0.3) is 0 Å². The number of benzene rings is 1. The Kier molecular flexibility index (Phi) is 12.4. The number of unbranched alkanes of at least 4 members (excludes halogenated alkanes) is 6. The summed E-state index contributed by atoms with van der Waals surface area (Å²) in [5.41, 5.74) is 5.29. The highest BCUT2D eigenvalue weighted by molar-refractivity contribution is 5.57. The normalized spacial score (nSPS) is 33.3. The molecular formula is C43H68O3. The van der Waals surface area contributed by atoms with Gasteiger partial charge in [-0.15, -0.1) is 0 Å². The summed E-state index contributed by atoms with van der Waals surface area (Å²) >= 11 is 0. The molecule has 0 aliphatic heterocycles. The van der Waals surface area contributed by atoms with Crippen LogP contribution < -0.4 is 0 Å². The molecule has 4 aliphatic carbocycles. The number of hydrogen-bond donors (Lipinski definition) is 1. The van der Waals surface area contributed by atoms with Crippen molar-refractivity contribution in [1.82, 2.24) is 0 Å². The molecule has 4 aliphatic rings. The van der Waals surface area contributed by atoms with E-state index in [4.69, 9.17) is 4.74 Å². The third-order valence-electron chi connectivity index (χ3n) is 14.1. The molecule has 0 heterocycles. The summed E-state index contributed by atoms with van der Waals surface area (Å²) in [6.45, 7) is 12.5. The van der Waals surface area contributed by atoms with Crippen molar-refractivity contribution in [3.8, 4) is 0 Å². The quantitative estimate of drug-likeness (QED) is 0.112. The van der Waals surface area contributed by atoms with Crippen LogP contribution in [0.5, 0.6) is 0 Å². The summed E-state index contributed by atoms with van der Waals surface area (Å²) in [5.74, 6) is 4.87. The Morgan fingerprint density at radius 2 is 1.59 bits per heavy atom. The maximum absolute atomic E-state index is 11.2. The van der Waals surface area contributed by atoms with Crippen molar-refractivity contribution in [2.45, 2.75) is 169 Å². The molecule has 0 aromatic heterocycles. The minimum absolute atomic E-state index is 0.147. The van der Waals surface area contributed by atoms with E-state index in [2.05, 4.69) is 65.0 Å². The first-order chi connectivity index (χ1) is 22.1. The highest BCUT2D eigenvalue weighted by atomic mass is 16.7. The van der Waals surface area contributed by atoms with E-state index in [-0.39, 0.29) is 11.5 Å². The Balaban J connectivity index is 1.05. The highest BCUT2D eigenvalue weighted by Gasteiger charge is 2.59. The Bertz CT molecular complexity index is 1140. The fourth-order valence-electron chi connectivity index (χ4n) is 11.5. The standard InChI is InChI=1S/C43H68O3/c1-6-7-8-9-10-11-12-16-33-17-19-34(20-18-33)29-31(2)14-13-15-32(3)38-23-24-39-37-22-21-35-30-36(46-41(44)45)25-27-42(35,4)40(37)26-28-43(38,39)5/h17-21,31-32,36-40H,6-16,22-30H2,1-5H3,(H,44,45)/t31?,32-,36+,37+,38-,39+,40+,42+,43-/m1/s1. The molecule has 0 radical (unpaired) electrons. The van der Waals surface area contributed by atoms with Crippen molar-refractivity contribution in [2.24, 2.45) is 46.3 Å². The summed E-state index contributed by atoms with van der Waals surface area (Å²) < 4.78 is 5.23. The van der Waals surface area contributed by atoms with Gasteiger partial charge < -0.3 is 9.84 Å². The zero-order valence-electron chi connectivity index (χ0n) is 30.3. The fraction of sp³-hybridized carbons (Fsp3) is 0.791. The van der Waals surface area contributed by atoms with Gasteiger partial charge in [-0.25, -0.2) is 4.79 Å². The van der Waals surface area contributed by atoms with Crippen LogP contribution >= 0.6 is 0 Å². The molecule has 1 aromatic carbocycles. The van der Waals surface area contributed by atoms with Crippen LogP contribution in [0.3, 0.4) is 0 Å². The van der Waals surface area contributed by atoms with E-state index >= 15 is 0 Å². The Hall–Kier alpha value is -1.77. The smallest absolute Gasteiger partial charge is 0.450 e. The van der Waals surface area contributed by atoms with Gasteiger partial charge in [0.25, 0.3) is 0 Å². The van der Waals surface area contributed by atoms with Gasteiger partial charge in [-0.3, -0.25) is 0 Å². The van der Waals surface area contributed by atoms with Gasteiger partial charge >= 0.3 is 6.16 Å². The molecule has 1 unspecified atom stereocenters. The average Bonchev–Trinajstić information content (AvgIpc) is 3.38. The van der Waals surface area contributed by atoms with Gasteiger partial charge in [-0.2, -0.15) is 0 Å². The van der Waals surface area contributed by atoms with Crippen molar-refractivity contribution >= 4 is 6.16 Å². The molecule has 3 nitrogen and oxygen atoms in total. The molecule has 5 rings (SSSR count). The van der Waals surface area contributed by atoms with Crippen LogP contribution in [0.15, 0.2) is 35.9 Å². The minimum atomic E-state index is -1.12. The number of carboxylic acid groups (broad SMARTS) is 1. The van der Waals surface area contributed by atoms with Crippen LogP contribution in [0.4, 0.5) is 4.79 Å². The third-order valence-corrected chi connectivity index (χ3v) is 14.1. The number of rotatable bonds is 16. The molecule has 0 amide bonds. The van der Waals surface area contributed by atoms with E-state index in [1.165, 1.54) is 126 Å². The van der Waals surface area contributed by atoms with Gasteiger partial charge in [0.1, 0.15) is 6.10 Å². The molecule has 3 heteroatoms. The lowest BCUT2D eigenvalue weighted by molar-refractivity contribution is -0.0601. The van der Waals surface area contributed by atoms with Crippen molar-refractivity contribution in [1.29, 1.82) is 0 Å². The predicted molar refractivity (Wildman–Crippen MR) is 192 cm³/mol. The van der Waals surface area contributed by atoms with E-state index in [1.54, 1.807) is 0 Å². The Morgan fingerprint density at radius 3 is 2.33 bits per heavy atom. The van der Waals surface area contributed by atoms with E-state index < -0.39 is 6.16 Å². The second-order valence-electron chi connectivity index (χ2n) is 17.1. The fourth-order valence-corrected chi connectivity index (χ4v) is 11.5. The first-order valence-electron chi connectivity index (χ1n) is 19.8. The van der Waals surface area contributed by atoms with E-state index in [1.807, 2.05) is 0 Å². The summed E-state index contributed by atoms with van der Waals surface area (Å²) in [6.07, 6.45) is 27.1. The van der Waals surface area contributed by atoms with Gasteiger partial charge in [0.15, 0.2) is 0 Å². The lowest BCUT2D eigenvalue weighted by Gasteiger charge is -2.58. The lowest BCUT2D eigenvalue weighted by atomic mass is 9.47. The molecule has 1 N–H and O–H groups in total. The number of carbonyl (C=O) groups is 1. The zero-order chi connectivity index (χ0) is 32.7. The molecule has 0 spiro atoms. The first-order valence-corrected chi connectivity index (χ1v) is 19.8. The largest absolute Gasteiger partial charge is 0.506 e. The Labute approximate surface area is 282 Å². The van der Waals surface area contributed by atoms with Crippen LogP contribution in [-0.4, -0.2) is 17.4 Å². The maximum atomic E-state index is 11.2. The first kappa shape index (κ1) is 35.5. The van der Waals surface area contributed by atoms with Crippen molar-refractivity contribution in [3.63, 3.8) is 0 Å². The third kappa shape index (κ3) is 8.26. The summed E-state index contributed by atoms with van der Waals surface area (Å²) in [6, 6.07) is 9.61. The summed E-state index contributed by atoms with van der Waals surface area (Å²) in [7, 11) is 0. The monoisotopic (exact) mass is 633 g/mol. The van der Waals surface area contributed by atoms with Crippen molar-refractivity contribution in [2.75, 3.05) is 0 Å². The van der Waals surface area contributed by atoms with E-state index in [0.717, 1.165) is 54.8 Å². The number of fused-ring (bicyclic) bond motifs is 5. The number of ether oxygens (including phenoxy) is 1. The summed E-state index contributed by atoms with van der Waals surface area (Å²) in [5, 5.41) is 9.17. The van der Waals surface area contributed by atoms with Crippen molar-refractivity contribution in [3.05, 3.63) is 47.0 Å². The van der Waals surface area contributed by atoms with Crippen LogP contribution in [0, 0.1) is 46.3 Å². The van der Waals surface area contributed by atoms with E-state index in [9.17, 15) is 9.90 Å². The number of allylic oxidation sites excluding steroid dienone is 1. The maximum Gasteiger partial charge on any atom is 0.506 e. The SMILES string of the molecule is CCCCCCCCCc1ccc(CC(C)CCC[C@@H](C)[C@H]2CC[C@H]3[C@@H]4CC=C5C[C@@H](OC(=O)O)CC[C@]5(C)[C@H]4CC[C@]23C)cc1. The Morgan fingerprint density at radius 1 is 0.870 bits per heavy atom. The van der Waals surface area contributed by atoms with E-state index in [0.29, 0.717) is 5.41 Å². The predicted octanol–water partition coefficient (Wildman–Crippen LogP) is 12.6. The second kappa shape index (κ2) is 16.1. The molecule has 46 heavy (non-hydrogen) atoms. The van der Waals surface area contributed by atoms with Gasteiger partial charge in [-0.1, -0.05) is 128 Å². The minimum Gasteiger partial charge on any atom is -0.450 e. The summed E-state index contributed by atoms with van der Waals surface area (Å²) in [4.78, 5) is 11.2. The number of hydrogen-bond acceptors (Lipinski definition) is 2. The van der Waals surface area contributed by atoms with Gasteiger partial charge in [0.2, 0.25) is 0 Å².